The Morgan fingerprint density at radius 3 is 2.31 bits per heavy atom. The van der Waals surface area contributed by atoms with Crippen molar-refractivity contribution in [2.75, 3.05) is 32.6 Å². The SMILES string of the molecule is COc1cc(OC)cc(-c2nn(-c3cc(NCCN)ccc3C(F)(F)F)c(=O)c3c2CCC3)c1.Cl. The van der Waals surface area contributed by atoms with Crippen LogP contribution < -0.4 is 26.1 Å². The van der Waals surface area contributed by atoms with Crippen LogP contribution in [0.15, 0.2) is 41.2 Å². The molecule has 0 atom stereocenters. The molecule has 0 unspecified atom stereocenters. The topological polar surface area (TPSA) is 91.4 Å². The molecule has 1 aliphatic rings. The van der Waals surface area contributed by atoms with Crippen LogP contribution in [0.3, 0.4) is 0 Å². The van der Waals surface area contributed by atoms with Crippen LogP contribution in [0, 0.1) is 0 Å². The van der Waals surface area contributed by atoms with Gasteiger partial charge in [0.25, 0.3) is 5.56 Å². The van der Waals surface area contributed by atoms with E-state index in [0.29, 0.717) is 66.4 Å². The number of methoxy groups -OCH3 is 2. The largest absolute Gasteiger partial charge is 0.497 e. The van der Waals surface area contributed by atoms with Crippen molar-refractivity contribution < 1.29 is 22.6 Å². The number of rotatable bonds is 7. The summed E-state index contributed by atoms with van der Waals surface area (Å²) in [4.78, 5) is 13.3. The van der Waals surface area contributed by atoms with Gasteiger partial charge in [-0.15, -0.1) is 12.4 Å². The minimum absolute atomic E-state index is 0. The van der Waals surface area contributed by atoms with Crippen molar-refractivity contribution in [1.82, 2.24) is 9.78 Å². The molecule has 0 saturated carbocycles. The summed E-state index contributed by atoms with van der Waals surface area (Å²) in [6.45, 7) is 0.668. The van der Waals surface area contributed by atoms with E-state index in [9.17, 15) is 18.0 Å². The Kier molecular flexibility index (Phi) is 7.97. The van der Waals surface area contributed by atoms with Crippen molar-refractivity contribution in [2.24, 2.45) is 5.73 Å². The van der Waals surface area contributed by atoms with E-state index >= 15 is 0 Å². The van der Waals surface area contributed by atoms with Gasteiger partial charge in [-0.2, -0.15) is 23.0 Å². The lowest BCUT2D eigenvalue weighted by Crippen LogP contribution is -2.28. The van der Waals surface area contributed by atoms with Crippen LogP contribution in [0.5, 0.6) is 11.5 Å². The molecule has 35 heavy (non-hydrogen) atoms. The molecule has 4 rings (SSSR count). The van der Waals surface area contributed by atoms with Crippen LogP contribution in [0.25, 0.3) is 16.9 Å². The van der Waals surface area contributed by atoms with Gasteiger partial charge in [-0.3, -0.25) is 4.79 Å². The number of ether oxygens (including phenoxy) is 2. The van der Waals surface area contributed by atoms with Gasteiger partial charge in [0.15, 0.2) is 0 Å². The van der Waals surface area contributed by atoms with Crippen LogP contribution in [0.4, 0.5) is 18.9 Å². The molecule has 0 bridgehead atoms. The molecule has 0 radical (unpaired) electrons. The molecule has 1 aromatic heterocycles. The number of nitrogens with one attached hydrogen (secondary N) is 1. The van der Waals surface area contributed by atoms with E-state index in [1.165, 1.54) is 26.4 Å². The summed E-state index contributed by atoms with van der Waals surface area (Å²) in [7, 11) is 3.01. The first kappa shape index (κ1) is 26.4. The zero-order valence-corrected chi connectivity index (χ0v) is 20.1. The van der Waals surface area contributed by atoms with E-state index < -0.39 is 17.3 Å². The van der Waals surface area contributed by atoms with Gasteiger partial charge in [0.1, 0.15) is 11.5 Å². The zero-order valence-electron chi connectivity index (χ0n) is 19.2. The molecule has 1 aliphatic carbocycles. The van der Waals surface area contributed by atoms with Gasteiger partial charge >= 0.3 is 6.18 Å². The van der Waals surface area contributed by atoms with Gasteiger partial charge in [0, 0.05) is 36.0 Å². The van der Waals surface area contributed by atoms with Gasteiger partial charge in [-0.25, -0.2) is 0 Å². The van der Waals surface area contributed by atoms with Crippen LogP contribution in [-0.2, 0) is 19.0 Å². The lowest BCUT2D eigenvalue weighted by molar-refractivity contribution is -0.137. The average molecular weight is 511 g/mol. The van der Waals surface area contributed by atoms with Crippen molar-refractivity contribution in [1.29, 1.82) is 0 Å². The zero-order chi connectivity index (χ0) is 24.5. The van der Waals surface area contributed by atoms with Crippen molar-refractivity contribution in [3.05, 3.63) is 63.4 Å². The first-order valence-electron chi connectivity index (χ1n) is 10.8. The van der Waals surface area contributed by atoms with Crippen molar-refractivity contribution in [3.63, 3.8) is 0 Å². The van der Waals surface area contributed by atoms with Crippen molar-refractivity contribution in [3.8, 4) is 28.4 Å². The molecule has 1 heterocycles. The summed E-state index contributed by atoms with van der Waals surface area (Å²) < 4.78 is 53.3. The Labute approximate surface area is 206 Å². The standard InChI is InChI=1S/C24H25F3N4O3.ClH/c1-33-16-10-14(11-17(13-16)34-2)22-18-4-3-5-19(18)23(32)31(30-22)21-12-15(29-9-8-28)6-7-20(21)24(25,26)27;/h6-7,10-13,29H,3-5,8-9,28H2,1-2H3;1H. The van der Waals surface area contributed by atoms with Crippen LogP contribution >= 0.6 is 12.4 Å². The minimum atomic E-state index is -4.68. The number of hydrogen-bond donors (Lipinski definition) is 2. The quantitative estimate of drug-likeness (QED) is 0.494. The highest BCUT2D eigenvalue weighted by atomic mass is 35.5. The fraction of sp³-hybridized carbons (Fsp3) is 0.333. The van der Waals surface area contributed by atoms with Gasteiger partial charge in [0.2, 0.25) is 0 Å². The van der Waals surface area contributed by atoms with E-state index in [1.807, 2.05) is 0 Å². The Morgan fingerprint density at radius 2 is 1.71 bits per heavy atom. The van der Waals surface area contributed by atoms with Crippen LogP contribution in [0.1, 0.15) is 23.1 Å². The normalized spacial score (nSPS) is 12.6. The molecular formula is C24H26ClF3N4O3. The Hall–Kier alpha value is -3.24. The molecule has 0 amide bonds. The first-order valence-corrected chi connectivity index (χ1v) is 10.8. The fourth-order valence-electron chi connectivity index (χ4n) is 4.19. The van der Waals surface area contributed by atoms with Gasteiger partial charge in [0.05, 0.1) is 31.2 Å². The number of benzene rings is 2. The fourth-order valence-corrected chi connectivity index (χ4v) is 4.19. The summed E-state index contributed by atoms with van der Waals surface area (Å²) in [5.74, 6) is 1.01. The van der Waals surface area contributed by atoms with E-state index in [-0.39, 0.29) is 18.1 Å². The lowest BCUT2D eigenvalue weighted by Gasteiger charge is -2.18. The molecule has 0 aliphatic heterocycles. The van der Waals surface area contributed by atoms with Gasteiger partial charge < -0.3 is 20.5 Å². The highest BCUT2D eigenvalue weighted by Gasteiger charge is 2.35. The molecule has 3 aromatic rings. The third-order valence-electron chi connectivity index (χ3n) is 5.78. The monoisotopic (exact) mass is 510 g/mol. The third-order valence-corrected chi connectivity index (χ3v) is 5.78. The molecule has 2 aromatic carbocycles. The molecule has 0 fully saturated rings. The second-order valence-corrected chi connectivity index (χ2v) is 7.92. The summed E-state index contributed by atoms with van der Waals surface area (Å²) in [6, 6.07) is 8.68. The molecule has 11 heteroatoms. The minimum Gasteiger partial charge on any atom is -0.497 e. The molecule has 0 spiro atoms. The second-order valence-electron chi connectivity index (χ2n) is 7.92. The lowest BCUT2D eigenvalue weighted by atomic mass is 10.0. The van der Waals surface area contributed by atoms with Crippen molar-refractivity contribution >= 4 is 18.1 Å². The van der Waals surface area contributed by atoms with E-state index in [1.54, 1.807) is 18.2 Å². The number of anilines is 1. The first-order chi connectivity index (χ1) is 16.3. The third kappa shape index (κ3) is 5.23. The number of nitrogens with two attached hydrogens (primary N) is 1. The average Bonchev–Trinajstić information content (AvgIpc) is 3.32. The highest BCUT2D eigenvalue weighted by Crippen LogP contribution is 2.37. The van der Waals surface area contributed by atoms with Gasteiger partial charge in [-0.1, -0.05) is 0 Å². The van der Waals surface area contributed by atoms with E-state index in [0.717, 1.165) is 16.3 Å². The number of halogens is 4. The number of fused-ring (bicyclic) bond motifs is 1. The summed E-state index contributed by atoms with van der Waals surface area (Å²) in [5, 5.41) is 7.43. The summed E-state index contributed by atoms with van der Waals surface area (Å²) >= 11 is 0. The maximum atomic E-state index is 13.9. The predicted molar refractivity (Wildman–Crippen MR) is 130 cm³/mol. The number of alkyl halides is 3. The van der Waals surface area contributed by atoms with E-state index in [2.05, 4.69) is 10.4 Å². The second kappa shape index (κ2) is 10.6. The molecule has 188 valence electrons. The van der Waals surface area contributed by atoms with Gasteiger partial charge in [-0.05, 0) is 55.2 Å². The summed E-state index contributed by atoms with van der Waals surface area (Å²) in [6.07, 6.45) is -2.88. The molecule has 7 nitrogen and oxygen atoms in total. The number of nitrogens with zero attached hydrogens (tertiary/aromatic N) is 2. The summed E-state index contributed by atoms with van der Waals surface area (Å²) in [5.41, 5.74) is 6.31. The molecule has 0 saturated heterocycles. The Bertz CT molecular complexity index is 1260. The van der Waals surface area contributed by atoms with E-state index in [4.69, 9.17) is 15.2 Å². The van der Waals surface area contributed by atoms with Crippen molar-refractivity contribution in [2.45, 2.75) is 25.4 Å². The van der Waals surface area contributed by atoms with Crippen LogP contribution in [-0.4, -0.2) is 37.1 Å². The molecular weight excluding hydrogens is 485 g/mol. The Morgan fingerprint density at radius 1 is 1.06 bits per heavy atom. The highest BCUT2D eigenvalue weighted by molar-refractivity contribution is 5.85. The maximum absolute atomic E-state index is 13.9. The smallest absolute Gasteiger partial charge is 0.418 e. The Balaban J connectivity index is 0.00000342. The maximum Gasteiger partial charge on any atom is 0.418 e. The molecule has 3 N–H and O–H groups in total. The number of aromatic nitrogens is 2. The van der Waals surface area contributed by atoms with Crippen LogP contribution in [0.2, 0.25) is 0 Å². The number of hydrogen-bond acceptors (Lipinski definition) is 6. The predicted octanol–water partition coefficient (Wildman–Crippen LogP) is 4.22.